The molecule has 0 aliphatic rings. The molecule has 1 N–H and O–H groups in total. The van der Waals surface area contributed by atoms with Gasteiger partial charge >= 0.3 is 5.97 Å². The van der Waals surface area contributed by atoms with Crippen molar-refractivity contribution in [3.8, 4) is 0 Å². The minimum atomic E-state index is -0.941. The maximum atomic E-state index is 11.4. The maximum absolute atomic E-state index is 11.4. The number of benzene rings is 1. The first-order chi connectivity index (χ1) is 8.13. The van der Waals surface area contributed by atoms with Crippen molar-refractivity contribution in [1.29, 1.82) is 0 Å². The minimum absolute atomic E-state index is 0.254. The number of rotatable bonds is 4. The summed E-state index contributed by atoms with van der Waals surface area (Å²) < 4.78 is 4.62. The third-order valence-corrected chi connectivity index (χ3v) is 3.20. The molecule has 0 saturated heterocycles. The summed E-state index contributed by atoms with van der Waals surface area (Å²) in [6.07, 6.45) is 2.61. The van der Waals surface area contributed by atoms with Crippen LogP contribution in [0.15, 0.2) is 40.8 Å². The summed E-state index contributed by atoms with van der Waals surface area (Å²) in [6.45, 7) is 1.70. The van der Waals surface area contributed by atoms with E-state index in [1.165, 1.54) is 7.11 Å². The van der Waals surface area contributed by atoms with Gasteiger partial charge in [0.15, 0.2) is 0 Å². The van der Waals surface area contributed by atoms with Crippen molar-refractivity contribution in [1.82, 2.24) is 0 Å². The van der Waals surface area contributed by atoms with Crippen LogP contribution in [0.3, 0.4) is 0 Å². The molecule has 17 heavy (non-hydrogen) atoms. The van der Waals surface area contributed by atoms with Crippen molar-refractivity contribution in [2.45, 2.75) is 17.9 Å². The number of carbonyl (C=O) groups is 1. The number of aliphatic hydroxyl groups excluding tert-OH is 1. The van der Waals surface area contributed by atoms with Crippen LogP contribution in [0.25, 0.3) is 0 Å². The molecular formula is C13H16O3S. The van der Waals surface area contributed by atoms with Crippen LogP contribution >= 0.6 is 11.8 Å². The average Bonchev–Trinajstić information content (AvgIpc) is 2.39. The van der Waals surface area contributed by atoms with Gasteiger partial charge < -0.3 is 9.84 Å². The molecule has 1 aromatic carbocycles. The number of thioether (sulfide) groups is 1. The molecule has 1 unspecified atom stereocenters. The zero-order chi connectivity index (χ0) is 12.8. The molecule has 1 rings (SSSR count). The third-order valence-electron chi connectivity index (χ3n) is 2.46. The highest BCUT2D eigenvalue weighted by Crippen LogP contribution is 2.24. The van der Waals surface area contributed by atoms with Crippen LogP contribution in [0.4, 0.5) is 0 Å². The molecule has 0 spiro atoms. The van der Waals surface area contributed by atoms with Crippen LogP contribution in [-0.2, 0) is 9.53 Å². The lowest BCUT2D eigenvalue weighted by molar-refractivity contribution is -0.137. The summed E-state index contributed by atoms with van der Waals surface area (Å²) in [6, 6.07) is 7.44. The predicted molar refractivity (Wildman–Crippen MR) is 69.0 cm³/mol. The largest absolute Gasteiger partial charge is 0.466 e. The van der Waals surface area contributed by atoms with E-state index in [1.54, 1.807) is 24.8 Å². The van der Waals surface area contributed by atoms with Gasteiger partial charge in [-0.05, 0) is 30.9 Å². The van der Waals surface area contributed by atoms with E-state index < -0.39 is 12.1 Å². The summed E-state index contributed by atoms with van der Waals surface area (Å²) in [7, 11) is 1.30. The highest BCUT2D eigenvalue weighted by atomic mass is 32.2. The summed E-state index contributed by atoms with van der Waals surface area (Å²) in [4.78, 5) is 12.5. The summed E-state index contributed by atoms with van der Waals surface area (Å²) in [5.74, 6) is -0.506. The lowest BCUT2D eigenvalue weighted by atomic mass is 10.0. The van der Waals surface area contributed by atoms with Crippen molar-refractivity contribution in [3.63, 3.8) is 0 Å². The van der Waals surface area contributed by atoms with E-state index in [9.17, 15) is 9.90 Å². The van der Waals surface area contributed by atoms with Gasteiger partial charge in [-0.1, -0.05) is 18.2 Å². The molecule has 1 atom stereocenters. The van der Waals surface area contributed by atoms with Crippen LogP contribution in [0.2, 0.25) is 0 Å². The molecule has 3 nitrogen and oxygen atoms in total. The molecule has 0 aromatic heterocycles. The van der Waals surface area contributed by atoms with E-state index >= 15 is 0 Å². The normalized spacial score (nSPS) is 13.3. The Hall–Kier alpha value is -1.26. The standard InChI is InChI=1S/C13H16O3S/c1-4-11(13(15)16-2)12(14)9-5-7-10(17-3)8-6-9/h4-8,12,14H,1-3H3. The maximum Gasteiger partial charge on any atom is 0.336 e. The molecule has 0 radical (unpaired) electrons. The average molecular weight is 252 g/mol. The van der Waals surface area contributed by atoms with Gasteiger partial charge in [0.05, 0.1) is 12.7 Å². The van der Waals surface area contributed by atoms with E-state index in [1.807, 2.05) is 30.5 Å². The van der Waals surface area contributed by atoms with Gasteiger partial charge in [-0.25, -0.2) is 4.79 Å². The van der Waals surface area contributed by atoms with Crippen molar-refractivity contribution in [2.75, 3.05) is 13.4 Å². The van der Waals surface area contributed by atoms with E-state index in [-0.39, 0.29) is 5.57 Å². The minimum Gasteiger partial charge on any atom is -0.466 e. The highest BCUT2D eigenvalue weighted by molar-refractivity contribution is 7.98. The van der Waals surface area contributed by atoms with Crippen LogP contribution in [0.5, 0.6) is 0 Å². The third kappa shape index (κ3) is 3.35. The first-order valence-corrected chi connectivity index (χ1v) is 6.43. The van der Waals surface area contributed by atoms with E-state index in [0.717, 1.165) is 4.90 Å². The number of methoxy groups -OCH3 is 1. The Labute approximate surface area is 105 Å². The van der Waals surface area contributed by atoms with Gasteiger partial charge in [0.1, 0.15) is 6.10 Å². The van der Waals surface area contributed by atoms with Crippen LogP contribution in [-0.4, -0.2) is 24.4 Å². The Balaban J connectivity index is 2.94. The Morgan fingerprint density at radius 1 is 1.41 bits per heavy atom. The van der Waals surface area contributed by atoms with Gasteiger partial charge in [0.2, 0.25) is 0 Å². The zero-order valence-electron chi connectivity index (χ0n) is 10.1. The fourth-order valence-electron chi connectivity index (χ4n) is 1.47. The Morgan fingerprint density at radius 3 is 2.41 bits per heavy atom. The summed E-state index contributed by atoms with van der Waals surface area (Å²) in [5.41, 5.74) is 0.936. The molecule has 0 amide bonds. The van der Waals surface area contributed by atoms with Crippen molar-refractivity contribution in [3.05, 3.63) is 41.5 Å². The lowest BCUT2D eigenvalue weighted by Gasteiger charge is -2.13. The topological polar surface area (TPSA) is 46.5 Å². The molecule has 0 aliphatic heterocycles. The van der Waals surface area contributed by atoms with Gasteiger partial charge in [0.25, 0.3) is 0 Å². The SMILES string of the molecule is CC=C(C(=O)OC)C(O)c1ccc(SC)cc1. The lowest BCUT2D eigenvalue weighted by Crippen LogP contribution is -2.12. The summed E-state index contributed by atoms with van der Waals surface area (Å²) in [5, 5.41) is 10.1. The molecule has 4 heteroatoms. The van der Waals surface area contributed by atoms with E-state index in [2.05, 4.69) is 4.74 Å². The summed E-state index contributed by atoms with van der Waals surface area (Å²) >= 11 is 1.63. The molecule has 92 valence electrons. The number of esters is 1. The molecule has 0 heterocycles. The van der Waals surface area contributed by atoms with Gasteiger partial charge in [-0.2, -0.15) is 0 Å². The number of hydrogen-bond donors (Lipinski definition) is 1. The first kappa shape index (κ1) is 13.8. The van der Waals surface area contributed by atoms with Gasteiger partial charge in [-0.15, -0.1) is 11.8 Å². The Kier molecular flexibility index (Phi) is 5.25. The Bertz CT molecular complexity index is 409. The second-order valence-electron chi connectivity index (χ2n) is 3.41. The number of hydrogen-bond acceptors (Lipinski definition) is 4. The quantitative estimate of drug-likeness (QED) is 0.508. The molecular weight excluding hydrogens is 236 g/mol. The van der Waals surface area contributed by atoms with Gasteiger partial charge in [0, 0.05) is 4.90 Å². The van der Waals surface area contributed by atoms with E-state index in [4.69, 9.17) is 0 Å². The highest BCUT2D eigenvalue weighted by Gasteiger charge is 2.19. The zero-order valence-corrected chi connectivity index (χ0v) is 11.0. The second-order valence-corrected chi connectivity index (χ2v) is 4.29. The smallest absolute Gasteiger partial charge is 0.336 e. The Morgan fingerprint density at radius 2 is 2.00 bits per heavy atom. The first-order valence-electron chi connectivity index (χ1n) is 5.20. The van der Waals surface area contributed by atoms with Crippen molar-refractivity contribution < 1.29 is 14.6 Å². The van der Waals surface area contributed by atoms with Crippen LogP contribution in [0.1, 0.15) is 18.6 Å². The number of allylic oxidation sites excluding steroid dienone is 1. The number of aliphatic hydroxyl groups is 1. The van der Waals surface area contributed by atoms with Crippen LogP contribution < -0.4 is 0 Å². The molecule has 1 aromatic rings. The monoisotopic (exact) mass is 252 g/mol. The fraction of sp³-hybridized carbons (Fsp3) is 0.308. The van der Waals surface area contributed by atoms with Crippen LogP contribution in [0, 0.1) is 0 Å². The van der Waals surface area contributed by atoms with Crippen molar-refractivity contribution in [2.24, 2.45) is 0 Å². The van der Waals surface area contributed by atoms with Gasteiger partial charge in [-0.3, -0.25) is 0 Å². The molecule has 0 fully saturated rings. The second kappa shape index (κ2) is 6.47. The van der Waals surface area contributed by atoms with E-state index in [0.29, 0.717) is 5.56 Å². The molecule has 0 aliphatic carbocycles. The molecule has 0 bridgehead atoms. The van der Waals surface area contributed by atoms with Crippen molar-refractivity contribution >= 4 is 17.7 Å². The number of ether oxygens (including phenoxy) is 1. The number of carbonyl (C=O) groups excluding carboxylic acids is 1. The predicted octanol–water partition coefficient (Wildman–Crippen LogP) is 2.56. The fourth-order valence-corrected chi connectivity index (χ4v) is 1.88. The molecule has 0 saturated carbocycles.